The Kier molecular flexibility index (Phi) is 3.75. The van der Waals surface area contributed by atoms with Gasteiger partial charge in [-0.1, -0.05) is 48.5 Å². The van der Waals surface area contributed by atoms with Crippen molar-refractivity contribution in [2.45, 2.75) is 18.4 Å². The highest BCUT2D eigenvalue weighted by atomic mass is 16.2. The number of carbonyl (C=O) groups is 2. The van der Waals surface area contributed by atoms with Gasteiger partial charge in [-0.25, -0.2) is 14.8 Å². The number of nitrogens with one attached hydrogen (secondary N) is 2. The van der Waals surface area contributed by atoms with Crippen LogP contribution in [0.1, 0.15) is 12.8 Å². The molecule has 140 valence electrons. The third-order valence-corrected chi connectivity index (χ3v) is 5.55. The Morgan fingerprint density at radius 3 is 2.32 bits per heavy atom. The summed E-state index contributed by atoms with van der Waals surface area (Å²) < 4.78 is 0. The quantitative estimate of drug-likeness (QED) is 0.674. The van der Waals surface area contributed by atoms with E-state index < -0.39 is 11.6 Å². The summed E-state index contributed by atoms with van der Waals surface area (Å²) in [6, 6.07) is 17.6. The minimum atomic E-state index is -0.799. The topological polar surface area (TPSA) is 87.2 Å². The van der Waals surface area contributed by atoms with E-state index in [0.29, 0.717) is 31.9 Å². The molecule has 0 radical (unpaired) electrons. The van der Waals surface area contributed by atoms with Gasteiger partial charge in [-0.05, 0) is 18.9 Å². The van der Waals surface area contributed by atoms with Gasteiger partial charge in [0.1, 0.15) is 5.54 Å². The molecule has 2 aliphatic rings. The Morgan fingerprint density at radius 1 is 0.893 bits per heavy atom. The number of imide groups is 1. The number of carbonyl (C=O) groups excluding carboxylic acids is 2. The van der Waals surface area contributed by atoms with Crippen molar-refractivity contribution in [3.05, 3.63) is 54.6 Å². The molecule has 2 aliphatic heterocycles. The van der Waals surface area contributed by atoms with Crippen molar-refractivity contribution >= 4 is 28.8 Å². The number of rotatable bonds is 2. The van der Waals surface area contributed by atoms with E-state index in [-0.39, 0.29) is 5.91 Å². The summed E-state index contributed by atoms with van der Waals surface area (Å²) in [6.07, 6.45) is 1.06. The fourth-order valence-electron chi connectivity index (χ4n) is 3.99. The van der Waals surface area contributed by atoms with Gasteiger partial charge in [0.2, 0.25) is 5.95 Å². The normalized spacial score (nSPS) is 18.4. The van der Waals surface area contributed by atoms with Gasteiger partial charge in [-0.2, -0.15) is 0 Å². The summed E-state index contributed by atoms with van der Waals surface area (Å²) in [5.41, 5.74) is 2.03. The molecule has 2 aromatic carbocycles. The number of benzene rings is 2. The number of fused-ring (bicyclic) bond motifs is 1. The molecule has 0 unspecified atom stereocenters. The van der Waals surface area contributed by atoms with Crippen molar-refractivity contribution in [1.29, 1.82) is 0 Å². The lowest BCUT2D eigenvalue weighted by atomic mass is 9.88. The maximum absolute atomic E-state index is 12.2. The van der Waals surface area contributed by atoms with E-state index in [9.17, 15) is 9.59 Å². The molecular weight excluding hydrogens is 354 g/mol. The Bertz CT molecular complexity index is 1070. The second-order valence-electron chi connectivity index (χ2n) is 7.23. The molecule has 28 heavy (non-hydrogen) atoms. The molecule has 0 bridgehead atoms. The summed E-state index contributed by atoms with van der Waals surface area (Å²) in [7, 11) is 0. The highest BCUT2D eigenvalue weighted by Crippen LogP contribution is 2.31. The molecule has 3 aromatic rings. The van der Waals surface area contributed by atoms with E-state index in [1.54, 1.807) is 0 Å². The second kappa shape index (κ2) is 6.30. The Labute approximate surface area is 161 Å². The molecule has 0 saturated carbocycles. The van der Waals surface area contributed by atoms with Crippen molar-refractivity contribution in [2.75, 3.05) is 18.0 Å². The van der Waals surface area contributed by atoms with Crippen LogP contribution >= 0.6 is 0 Å². The molecule has 2 N–H and O–H groups in total. The second-order valence-corrected chi connectivity index (χ2v) is 7.23. The molecule has 3 heterocycles. The van der Waals surface area contributed by atoms with Crippen molar-refractivity contribution in [1.82, 2.24) is 20.6 Å². The zero-order chi connectivity index (χ0) is 19.1. The molecule has 1 aromatic heterocycles. The summed E-state index contributed by atoms with van der Waals surface area (Å²) >= 11 is 0. The molecule has 0 atom stereocenters. The molecule has 1 spiro atoms. The first-order valence-electron chi connectivity index (χ1n) is 9.35. The molecule has 3 amide bonds. The third kappa shape index (κ3) is 2.67. The zero-order valence-corrected chi connectivity index (χ0v) is 15.2. The predicted octanol–water partition coefficient (Wildman–Crippen LogP) is 2.48. The molecular formula is C21H19N5O2. The van der Waals surface area contributed by atoms with E-state index in [0.717, 1.165) is 22.2 Å². The van der Waals surface area contributed by atoms with Crippen LogP contribution in [0.25, 0.3) is 22.2 Å². The fraction of sp³-hybridized carbons (Fsp3) is 0.238. The van der Waals surface area contributed by atoms with Crippen LogP contribution in [0.3, 0.4) is 0 Å². The van der Waals surface area contributed by atoms with Crippen LogP contribution in [0.15, 0.2) is 54.6 Å². The smallest absolute Gasteiger partial charge is 0.322 e. The maximum atomic E-state index is 12.2. The summed E-state index contributed by atoms with van der Waals surface area (Å²) in [6.45, 7) is 1.19. The van der Waals surface area contributed by atoms with Crippen LogP contribution in [0.5, 0.6) is 0 Å². The largest absolute Gasteiger partial charge is 0.341 e. The summed E-state index contributed by atoms with van der Waals surface area (Å²) in [5, 5.41) is 6.15. The number of piperidine rings is 1. The molecule has 2 saturated heterocycles. The lowest BCUT2D eigenvalue weighted by Gasteiger charge is -2.37. The Morgan fingerprint density at radius 2 is 1.61 bits per heavy atom. The number of amides is 3. The molecule has 0 aliphatic carbocycles. The SMILES string of the molecule is O=C1NC(=O)C2(CCN(c3nc(-c4ccccc4)c4ccccc4n3)CC2)N1. The fourth-order valence-corrected chi connectivity index (χ4v) is 3.99. The van der Waals surface area contributed by atoms with E-state index >= 15 is 0 Å². The van der Waals surface area contributed by atoms with E-state index in [1.807, 2.05) is 54.6 Å². The van der Waals surface area contributed by atoms with Gasteiger partial charge in [0.05, 0.1) is 11.2 Å². The van der Waals surface area contributed by atoms with Gasteiger partial charge in [0, 0.05) is 24.0 Å². The number of urea groups is 1. The predicted molar refractivity (Wildman–Crippen MR) is 106 cm³/mol. The molecule has 7 nitrogen and oxygen atoms in total. The average molecular weight is 373 g/mol. The van der Waals surface area contributed by atoms with E-state index in [2.05, 4.69) is 15.5 Å². The first kappa shape index (κ1) is 16.7. The number of aromatic nitrogens is 2. The molecule has 7 heteroatoms. The number of hydrogen-bond acceptors (Lipinski definition) is 5. The minimum Gasteiger partial charge on any atom is -0.341 e. The zero-order valence-electron chi connectivity index (χ0n) is 15.2. The Hall–Kier alpha value is -3.48. The van der Waals surface area contributed by atoms with Crippen LogP contribution < -0.4 is 15.5 Å². The van der Waals surface area contributed by atoms with Crippen LogP contribution in [0.2, 0.25) is 0 Å². The molecule has 2 fully saturated rings. The summed E-state index contributed by atoms with van der Waals surface area (Å²) in [4.78, 5) is 35.4. The van der Waals surface area contributed by atoms with Crippen molar-refractivity contribution in [3.8, 4) is 11.3 Å². The highest BCUT2D eigenvalue weighted by Gasteiger charge is 2.48. The number of para-hydroxylation sites is 1. The van der Waals surface area contributed by atoms with Crippen LogP contribution in [0, 0.1) is 0 Å². The van der Waals surface area contributed by atoms with Crippen LogP contribution in [-0.2, 0) is 4.79 Å². The third-order valence-electron chi connectivity index (χ3n) is 5.55. The standard InChI is InChI=1S/C21H19N5O2/c27-18-21(25-20(28)24-18)10-12-26(13-11-21)19-22-16-9-5-4-8-15(16)17(23-19)14-6-2-1-3-7-14/h1-9H,10-13H2,(H2,24,25,27,28). The highest BCUT2D eigenvalue weighted by molar-refractivity contribution is 6.07. The van der Waals surface area contributed by atoms with E-state index in [1.165, 1.54) is 0 Å². The first-order chi connectivity index (χ1) is 13.6. The van der Waals surface area contributed by atoms with Crippen molar-refractivity contribution < 1.29 is 9.59 Å². The van der Waals surface area contributed by atoms with Gasteiger partial charge in [-0.15, -0.1) is 0 Å². The van der Waals surface area contributed by atoms with Crippen LogP contribution in [-0.4, -0.2) is 40.5 Å². The van der Waals surface area contributed by atoms with Gasteiger partial charge in [0.15, 0.2) is 0 Å². The number of anilines is 1. The van der Waals surface area contributed by atoms with Crippen molar-refractivity contribution in [3.63, 3.8) is 0 Å². The molecule has 5 rings (SSSR count). The monoisotopic (exact) mass is 373 g/mol. The van der Waals surface area contributed by atoms with Gasteiger partial charge in [-0.3, -0.25) is 10.1 Å². The Balaban J connectivity index is 1.51. The maximum Gasteiger partial charge on any atom is 0.322 e. The van der Waals surface area contributed by atoms with Gasteiger partial charge < -0.3 is 10.2 Å². The first-order valence-corrected chi connectivity index (χ1v) is 9.35. The van der Waals surface area contributed by atoms with Gasteiger partial charge >= 0.3 is 6.03 Å². The van der Waals surface area contributed by atoms with Crippen LogP contribution in [0.4, 0.5) is 10.7 Å². The number of nitrogens with zero attached hydrogens (tertiary/aromatic N) is 3. The average Bonchev–Trinajstić information content (AvgIpc) is 3.01. The van der Waals surface area contributed by atoms with E-state index in [4.69, 9.17) is 9.97 Å². The lowest BCUT2D eigenvalue weighted by Crippen LogP contribution is -2.55. The van der Waals surface area contributed by atoms with Crippen molar-refractivity contribution in [2.24, 2.45) is 0 Å². The lowest BCUT2D eigenvalue weighted by molar-refractivity contribution is -0.124. The summed E-state index contributed by atoms with van der Waals surface area (Å²) in [5.74, 6) is 0.415. The minimum absolute atomic E-state index is 0.235. The number of hydrogen-bond donors (Lipinski definition) is 2. The van der Waals surface area contributed by atoms with Gasteiger partial charge in [0.25, 0.3) is 5.91 Å².